The smallest absolute Gasteiger partial charge is 0.00980 e. The number of rotatable bonds is 1. The Balaban J connectivity index is 2.04. The minimum absolute atomic E-state index is 0.944. The van der Waals surface area contributed by atoms with Crippen LogP contribution in [-0.4, -0.2) is 24.0 Å². The Morgan fingerprint density at radius 2 is 2.18 bits per heavy atom. The van der Waals surface area contributed by atoms with Crippen LogP contribution in [0.3, 0.4) is 0 Å². The van der Waals surface area contributed by atoms with E-state index in [2.05, 4.69) is 18.7 Å². The van der Waals surface area contributed by atoms with Gasteiger partial charge < -0.3 is 4.90 Å². The Hall–Kier alpha value is -0.0400. The van der Waals surface area contributed by atoms with E-state index in [1.54, 1.807) is 0 Å². The summed E-state index contributed by atoms with van der Waals surface area (Å²) in [6.45, 7) is 7.39. The lowest BCUT2D eigenvalue weighted by Gasteiger charge is -2.48. The maximum Gasteiger partial charge on any atom is 0.00980 e. The fourth-order valence-electron chi connectivity index (χ4n) is 2.87. The molecule has 11 heavy (non-hydrogen) atoms. The molecule has 1 saturated carbocycles. The van der Waals surface area contributed by atoms with Gasteiger partial charge in [-0.1, -0.05) is 13.8 Å². The van der Waals surface area contributed by atoms with Gasteiger partial charge in [-0.05, 0) is 37.6 Å². The van der Waals surface area contributed by atoms with Crippen molar-refractivity contribution < 1.29 is 0 Å². The van der Waals surface area contributed by atoms with Gasteiger partial charge in [0.2, 0.25) is 0 Å². The third-order valence-electron chi connectivity index (χ3n) is 3.71. The molecule has 2 aliphatic heterocycles. The van der Waals surface area contributed by atoms with E-state index in [1.807, 2.05) is 0 Å². The van der Waals surface area contributed by atoms with E-state index in [4.69, 9.17) is 0 Å². The first-order valence-electron chi connectivity index (χ1n) is 5.05. The van der Waals surface area contributed by atoms with Crippen LogP contribution in [0.5, 0.6) is 0 Å². The van der Waals surface area contributed by atoms with Crippen LogP contribution in [0.1, 0.15) is 33.1 Å². The van der Waals surface area contributed by atoms with E-state index in [1.165, 1.54) is 32.4 Å². The highest BCUT2D eigenvalue weighted by atomic mass is 15.2. The third kappa shape index (κ3) is 1.20. The van der Waals surface area contributed by atoms with Gasteiger partial charge in [0.25, 0.3) is 0 Å². The molecule has 0 aromatic rings. The molecule has 3 aliphatic rings. The van der Waals surface area contributed by atoms with Crippen LogP contribution in [0.2, 0.25) is 0 Å². The predicted octanol–water partition coefficient (Wildman–Crippen LogP) is 2.13. The van der Waals surface area contributed by atoms with Crippen molar-refractivity contribution >= 4 is 0 Å². The highest BCUT2D eigenvalue weighted by molar-refractivity contribution is 4.90. The van der Waals surface area contributed by atoms with Gasteiger partial charge in [0, 0.05) is 12.6 Å². The van der Waals surface area contributed by atoms with Gasteiger partial charge in [0.1, 0.15) is 0 Å². The maximum atomic E-state index is 2.67. The van der Waals surface area contributed by atoms with Gasteiger partial charge in [-0.15, -0.1) is 0 Å². The minimum atomic E-state index is 0.944. The molecule has 2 heterocycles. The van der Waals surface area contributed by atoms with Crippen molar-refractivity contribution in [3.63, 3.8) is 0 Å². The normalized spacial score (nSPS) is 44.7. The Morgan fingerprint density at radius 1 is 1.36 bits per heavy atom. The molecule has 2 bridgehead atoms. The van der Waals surface area contributed by atoms with Crippen molar-refractivity contribution in [3.8, 4) is 0 Å². The van der Waals surface area contributed by atoms with Crippen molar-refractivity contribution in [2.45, 2.75) is 39.2 Å². The summed E-state index contributed by atoms with van der Waals surface area (Å²) in [4.78, 5) is 2.67. The van der Waals surface area contributed by atoms with Crippen molar-refractivity contribution in [2.24, 2.45) is 11.8 Å². The highest BCUT2D eigenvalue weighted by Gasteiger charge is 2.36. The van der Waals surface area contributed by atoms with Crippen LogP contribution >= 0.6 is 0 Å². The first kappa shape index (κ1) is 7.60. The second-order valence-corrected chi connectivity index (χ2v) is 4.29. The van der Waals surface area contributed by atoms with Crippen LogP contribution in [-0.2, 0) is 0 Å². The molecule has 1 aliphatic carbocycles. The quantitative estimate of drug-likeness (QED) is 0.558. The molecule has 0 aromatic heterocycles. The van der Waals surface area contributed by atoms with E-state index in [0.29, 0.717) is 0 Å². The lowest BCUT2D eigenvalue weighted by atomic mass is 9.73. The molecule has 3 rings (SSSR count). The topological polar surface area (TPSA) is 3.24 Å². The molecule has 3 atom stereocenters. The van der Waals surface area contributed by atoms with Crippen molar-refractivity contribution in [2.75, 3.05) is 13.1 Å². The molecule has 0 unspecified atom stereocenters. The molecule has 1 nitrogen and oxygen atoms in total. The SMILES string of the molecule is CCN1C[C@@H]2CC[C@H]1C[C@@H]2C. The van der Waals surface area contributed by atoms with Gasteiger partial charge in [0.05, 0.1) is 0 Å². The number of fused-ring (bicyclic) bond motifs is 3. The Labute approximate surface area is 69.8 Å². The highest BCUT2D eigenvalue weighted by Crippen LogP contribution is 2.38. The van der Waals surface area contributed by atoms with Gasteiger partial charge in [-0.2, -0.15) is 0 Å². The van der Waals surface area contributed by atoms with Crippen LogP contribution in [0.25, 0.3) is 0 Å². The summed E-state index contributed by atoms with van der Waals surface area (Å²) in [6, 6.07) is 0.944. The van der Waals surface area contributed by atoms with E-state index in [9.17, 15) is 0 Å². The van der Waals surface area contributed by atoms with Crippen molar-refractivity contribution in [3.05, 3.63) is 0 Å². The molecule has 0 spiro atoms. The monoisotopic (exact) mass is 153 g/mol. The van der Waals surface area contributed by atoms with Gasteiger partial charge in [0.15, 0.2) is 0 Å². The summed E-state index contributed by atoms with van der Waals surface area (Å²) < 4.78 is 0. The summed E-state index contributed by atoms with van der Waals surface area (Å²) >= 11 is 0. The van der Waals surface area contributed by atoms with E-state index < -0.39 is 0 Å². The fourth-order valence-corrected chi connectivity index (χ4v) is 2.87. The number of nitrogens with zero attached hydrogens (tertiary/aromatic N) is 1. The molecule has 1 heteroatoms. The number of hydrogen-bond acceptors (Lipinski definition) is 1. The minimum Gasteiger partial charge on any atom is -0.300 e. The summed E-state index contributed by atoms with van der Waals surface area (Å²) in [7, 11) is 0. The molecule has 3 fully saturated rings. The van der Waals surface area contributed by atoms with Gasteiger partial charge >= 0.3 is 0 Å². The van der Waals surface area contributed by atoms with E-state index in [0.717, 1.165) is 17.9 Å². The molecule has 0 aromatic carbocycles. The van der Waals surface area contributed by atoms with Gasteiger partial charge in [-0.25, -0.2) is 0 Å². The maximum absolute atomic E-state index is 2.67. The third-order valence-corrected chi connectivity index (χ3v) is 3.71. The molecule has 0 radical (unpaired) electrons. The second kappa shape index (κ2) is 2.78. The Morgan fingerprint density at radius 3 is 2.64 bits per heavy atom. The first-order chi connectivity index (χ1) is 5.31. The lowest BCUT2D eigenvalue weighted by molar-refractivity contribution is 0.0158. The summed E-state index contributed by atoms with van der Waals surface area (Å²) in [5, 5.41) is 0. The molecule has 2 saturated heterocycles. The standard InChI is InChI=1S/C10H19N/c1-3-11-7-9-4-5-10(11)6-8(9)2/h8-10H,3-7H2,1-2H3/t8-,9-,10-/m0/s1. The van der Waals surface area contributed by atoms with Gasteiger partial charge in [-0.3, -0.25) is 0 Å². The summed E-state index contributed by atoms with van der Waals surface area (Å²) in [6.07, 6.45) is 4.45. The predicted molar refractivity (Wildman–Crippen MR) is 47.5 cm³/mol. The molecular formula is C10H19N. The summed E-state index contributed by atoms with van der Waals surface area (Å²) in [5.41, 5.74) is 0. The number of hydrogen-bond donors (Lipinski definition) is 0. The second-order valence-electron chi connectivity index (χ2n) is 4.29. The molecular weight excluding hydrogens is 134 g/mol. The fraction of sp³-hybridized carbons (Fsp3) is 1.00. The van der Waals surface area contributed by atoms with Crippen molar-refractivity contribution in [1.82, 2.24) is 4.90 Å². The van der Waals surface area contributed by atoms with Crippen LogP contribution < -0.4 is 0 Å². The zero-order chi connectivity index (χ0) is 7.84. The molecule has 64 valence electrons. The average molecular weight is 153 g/mol. The zero-order valence-corrected chi connectivity index (χ0v) is 7.71. The lowest BCUT2D eigenvalue weighted by Crippen LogP contribution is -2.50. The van der Waals surface area contributed by atoms with E-state index in [-0.39, 0.29) is 0 Å². The van der Waals surface area contributed by atoms with Crippen molar-refractivity contribution in [1.29, 1.82) is 0 Å². The van der Waals surface area contributed by atoms with E-state index >= 15 is 0 Å². The summed E-state index contributed by atoms with van der Waals surface area (Å²) in [5.74, 6) is 2.04. The molecule has 0 amide bonds. The number of piperidine rings is 2. The molecule has 0 N–H and O–H groups in total. The van der Waals surface area contributed by atoms with Crippen LogP contribution in [0, 0.1) is 11.8 Å². The first-order valence-corrected chi connectivity index (χ1v) is 5.05. The van der Waals surface area contributed by atoms with Crippen LogP contribution in [0.15, 0.2) is 0 Å². The van der Waals surface area contributed by atoms with Crippen LogP contribution in [0.4, 0.5) is 0 Å². The zero-order valence-electron chi connectivity index (χ0n) is 7.71. The Kier molecular flexibility index (Phi) is 1.92. The average Bonchev–Trinajstić information content (AvgIpc) is 2.05. The largest absolute Gasteiger partial charge is 0.300 e. The Bertz CT molecular complexity index is 144.